The standard InChI is InChI=1S/C15H27NO2/c1-13(17)14-7-9-16(10-8-14)11-12-18-15-5-3-2-4-6-15/h14-15H,2-12H2,1H3. The molecule has 0 aromatic rings. The first-order valence-corrected chi connectivity index (χ1v) is 7.60. The Balaban J connectivity index is 1.56. The number of hydrogen-bond acceptors (Lipinski definition) is 3. The first-order valence-electron chi connectivity index (χ1n) is 7.60. The van der Waals surface area contributed by atoms with Gasteiger partial charge in [-0.25, -0.2) is 0 Å². The van der Waals surface area contributed by atoms with Gasteiger partial charge in [-0.1, -0.05) is 19.3 Å². The maximum Gasteiger partial charge on any atom is 0.133 e. The zero-order valence-corrected chi connectivity index (χ0v) is 11.7. The van der Waals surface area contributed by atoms with E-state index in [9.17, 15) is 4.79 Å². The van der Waals surface area contributed by atoms with Crippen LogP contribution in [0.25, 0.3) is 0 Å². The molecular weight excluding hydrogens is 226 g/mol. The van der Waals surface area contributed by atoms with Crippen LogP contribution in [-0.4, -0.2) is 43.0 Å². The summed E-state index contributed by atoms with van der Waals surface area (Å²) in [5.74, 6) is 0.689. The van der Waals surface area contributed by atoms with Crippen molar-refractivity contribution in [2.24, 2.45) is 5.92 Å². The van der Waals surface area contributed by atoms with Gasteiger partial charge in [0.15, 0.2) is 0 Å². The lowest BCUT2D eigenvalue weighted by Gasteiger charge is -2.31. The Morgan fingerprint density at radius 2 is 1.78 bits per heavy atom. The number of rotatable bonds is 5. The van der Waals surface area contributed by atoms with E-state index >= 15 is 0 Å². The summed E-state index contributed by atoms with van der Waals surface area (Å²) < 4.78 is 5.95. The number of hydrogen-bond donors (Lipinski definition) is 0. The maximum atomic E-state index is 11.3. The summed E-state index contributed by atoms with van der Waals surface area (Å²) in [6.07, 6.45) is 9.19. The first-order chi connectivity index (χ1) is 8.75. The number of ketones is 1. The summed E-state index contributed by atoms with van der Waals surface area (Å²) in [6, 6.07) is 0. The number of ether oxygens (including phenoxy) is 1. The molecule has 2 aliphatic rings. The molecule has 3 nitrogen and oxygen atoms in total. The van der Waals surface area contributed by atoms with Gasteiger partial charge < -0.3 is 9.64 Å². The fourth-order valence-electron chi connectivity index (χ4n) is 3.14. The van der Waals surface area contributed by atoms with Gasteiger partial charge in [0.2, 0.25) is 0 Å². The summed E-state index contributed by atoms with van der Waals surface area (Å²) in [5, 5.41) is 0. The molecule has 0 unspecified atom stereocenters. The summed E-state index contributed by atoms with van der Waals surface area (Å²) in [4.78, 5) is 13.7. The first kappa shape index (κ1) is 14.0. The maximum absolute atomic E-state index is 11.3. The van der Waals surface area contributed by atoms with E-state index in [2.05, 4.69) is 4.90 Å². The minimum absolute atomic E-state index is 0.320. The largest absolute Gasteiger partial charge is 0.377 e. The molecule has 2 rings (SSSR count). The van der Waals surface area contributed by atoms with E-state index in [0.717, 1.165) is 39.1 Å². The van der Waals surface area contributed by atoms with Crippen LogP contribution in [0, 0.1) is 5.92 Å². The van der Waals surface area contributed by atoms with Crippen molar-refractivity contribution < 1.29 is 9.53 Å². The number of carbonyl (C=O) groups is 1. The van der Waals surface area contributed by atoms with Crippen molar-refractivity contribution in [1.29, 1.82) is 0 Å². The van der Waals surface area contributed by atoms with Gasteiger partial charge in [0.1, 0.15) is 5.78 Å². The van der Waals surface area contributed by atoms with E-state index in [-0.39, 0.29) is 0 Å². The fourth-order valence-corrected chi connectivity index (χ4v) is 3.14. The molecular formula is C15H27NO2. The third-order valence-corrected chi connectivity index (χ3v) is 4.48. The zero-order valence-electron chi connectivity index (χ0n) is 11.7. The highest BCUT2D eigenvalue weighted by Crippen LogP contribution is 2.21. The van der Waals surface area contributed by atoms with Gasteiger partial charge in [0, 0.05) is 12.5 Å². The normalized spacial score (nSPS) is 24.3. The van der Waals surface area contributed by atoms with Crippen LogP contribution in [0.4, 0.5) is 0 Å². The number of carbonyl (C=O) groups excluding carboxylic acids is 1. The molecule has 0 N–H and O–H groups in total. The van der Waals surface area contributed by atoms with Crippen LogP contribution in [0.3, 0.4) is 0 Å². The Kier molecular flexibility index (Phi) is 5.64. The third kappa shape index (κ3) is 4.36. The fraction of sp³-hybridized carbons (Fsp3) is 0.933. The quantitative estimate of drug-likeness (QED) is 0.754. The molecule has 0 amide bonds. The average molecular weight is 253 g/mol. The van der Waals surface area contributed by atoms with Gasteiger partial charge in [-0.2, -0.15) is 0 Å². The van der Waals surface area contributed by atoms with Crippen LogP contribution in [-0.2, 0) is 9.53 Å². The molecule has 0 atom stereocenters. The van der Waals surface area contributed by atoms with Crippen molar-refractivity contribution in [2.45, 2.75) is 58.0 Å². The molecule has 104 valence electrons. The van der Waals surface area contributed by atoms with Gasteiger partial charge in [-0.05, 0) is 45.7 Å². The molecule has 0 radical (unpaired) electrons. The van der Waals surface area contributed by atoms with E-state index in [0.29, 0.717) is 17.8 Å². The molecule has 0 bridgehead atoms. The van der Waals surface area contributed by atoms with Gasteiger partial charge in [0.25, 0.3) is 0 Å². The SMILES string of the molecule is CC(=O)C1CCN(CCOC2CCCCC2)CC1. The minimum Gasteiger partial charge on any atom is -0.377 e. The van der Waals surface area contributed by atoms with Crippen molar-refractivity contribution in [2.75, 3.05) is 26.2 Å². The summed E-state index contributed by atoms with van der Waals surface area (Å²) in [5.41, 5.74) is 0. The van der Waals surface area contributed by atoms with Gasteiger partial charge >= 0.3 is 0 Å². The predicted octanol–water partition coefficient (Wildman–Crippen LogP) is 2.64. The monoisotopic (exact) mass is 253 g/mol. The molecule has 0 spiro atoms. The number of nitrogens with zero attached hydrogens (tertiary/aromatic N) is 1. The van der Waals surface area contributed by atoms with E-state index in [4.69, 9.17) is 4.74 Å². The summed E-state index contributed by atoms with van der Waals surface area (Å²) >= 11 is 0. The molecule has 1 aliphatic carbocycles. The van der Waals surface area contributed by atoms with Crippen LogP contribution < -0.4 is 0 Å². The molecule has 0 aromatic carbocycles. The van der Waals surface area contributed by atoms with Gasteiger partial charge in [0.05, 0.1) is 12.7 Å². The second-order valence-electron chi connectivity index (χ2n) is 5.86. The third-order valence-electron chi connectivity index (χ3n) is 4.48. The lowest BCUT2D eigenvalue weighted by Crippen LogP contribution is -2.38. The highest BCUT2D eigenvalue weighted by molar-refractivity contribution is 5.78. The van der Waals surface area contributed by atoms with Crippen molar-refractivity contribution in [3.8, 4) is 0 Å². The molecule has 0 aromatic heterocycles. The number of likely N-dealkylation sites (tertiary alicyclic amines) is 1. The zero-order chi connectivity index (χ0) is 12.8. The molecule has 2 fully saturated rings. The van der Waals surface area contributed by atoms with E-state index in [1.165, 1.54) is 32.1 Å². The molecule has 1 aliphatic heterocycles. The Hall–Kier alpha value is -0.410. The summed E-state index contributed by atoms with van der Waals surface area (Å²) in [7, 11) is 0. The van der Waals surface area contributed by atoms with Crippen molar-refractivity contribution in [1.82, 2.24) is 4.90 Å². The lowest BCUT2D eigenvalue weighted by molar-refractivity contribution is -0.122. The average Bonchev–Trinajstić information content (AvgIpc) is 2.40. The predicted molar refractivity (Wildman–Crippen MR) is 72.7 cm³/mol. The van der Waals surface area contributed by atoms with Crippen molar-refractivity contribution in [3.05, 3.63) is 0 Å². The Morgan fingerprint density at radius 1 is 1.11 bits per heavy atom. The van der Waals surface area contributed by atoms with Crippen molar-refractivity contribution in [3.63, 3.8) is 0 Å². The van der Waals surface area contributed by atoms with Crippen LogP contribution in [0.5, 0.6) is 0 Å². The molecule has 18 heavy (non-hydrogen) atoms. The van der Waals surface area contributed by atoms with Crippen LogP contribution in [0.1, 0.15) is 51.9 Å². The van der Waals surface area contributed by atoms with E-state index in [1.807, 2.05) is 0 Å². The van der Waals surface area contributed by atoms with Crippen LogP contribution in [0.2, 0.25) is 0 Å². The second kappa shape index (κ2) is 7.25. The molecule has 1 saturated carbocycles. The van der Waals surface area contributed by atoms with E-state index in [1.54, 1.807) is 6.92 Å². The Morgan fingerprint density at radius 3 is 2.39 bits per heavy atom. The van der Waals surface area contributed by atoms with Gasteiger partial charge in [-0.3, -0.25) is 4.79 Å². The number of Topliss-reactive ketones (excluding diaryl/α,β-unsaturated/α-hetero) is 1. The van der Waals surface area contributed by atoms with Crippen molar-refractivity contribution >= 4 is 5.78 Å². The minimum atomic E-state index is 0.320. The summed E-state index contributed by atoms with van der Waals surface area (Å²) in [6.45, 7) is 5.78. The second-order valence-corrected chi connectivity index (χ2v) is 5.86. The van der Waals surface area contributed by atoms with Gasteiger partial charge in [-0.15, -0.1) is 0 Å². The molecule has 1 heterocycles. The smallest absolute Gasteiger partial charge is 0.133 e. The van der Waals surface area contributed by atoms with E-state index < -0.39 is 0 Å². The topological polar surface area (TPSA) is 29.5 Å². The van der Waals surface area contributed by atoms with Crippen LogP contribution in [0.15, 0.2) is 0 Å². The highest BCUT2D eigenvalue weighted by atomic mass is 16.5. The molecule has 3 heteroatoms. The molecule has 1 saturated heterocycles. The Bertz CT molecular complexity index is 253. The van der Waals surface area contributed by atoms with Crippen LogP contribution >= 0.6 is 0 Å². The Labute approximate surface area is 111 Å². The number of piperidine rings is 1. The lowest BCUT2D eigenvalue weighted by atomic mass is 9.93. The highest BCUT2D eigenvalue weighted by Gasteiger charge is 2.22.